The first-order chi connectivity index (χ1) is 60.4. The van der Waals surface area contributed by atoms with Gasteiger partial charge in [0.2, 0.25) is 5.91 Å². The third-order valence-electron chi connectivity index (χ3n) is 23.7. The number of allylic oxidation sites excluding steroid dienone is 5. The second-order valence-electron chi connectivity index (χ2n) is 31.5. The second-order valence-corrected chi connectivity index (χ2v) is 31.9. The fraction of sp³-hybridized carbons (Fsp3) is 0.232. The molecule has 125 heavy (non-hydrogen) atoms. The highest BCUT2D eigenvalue weighted by Crippen LogP contribution is 2.41. The number of fused-ring (bicyclic) bond motifs is 20. The molecule has 1 atom stereocenters. The van der Waals surface area contributed by atoms with Gasteiger partial charge in [0.05, 0.1) is 101 Å². The van der Waals surface area contributed by atoms with Crippen molar-refractivity contribution in [1.82, 2.24) is 31.9 Å². The molecule has 0 aliphatic carbocycles. The summed E-state index contributed by atoms with van der Waals surface area (Å²) in [7, 11) is 0. The molecule has 1 unspecified atom stereocenters. The van der Waals surface area contributed by atoms with Crippen molar-refractivity contribution in [2.24, 2.45) is 55.7 Å². The van der Waals surface area contributed by atoms with E-state index in [1.807, 2.05) is 197 Å². The van der Waals surface area contributed by atoms with E-state index >= 15 is 0 Å². The van der Waals surface area contributed by atoms with Crippen molar-refractivity contribution < 1.29 is 39.0 Å². The predicted molar refractivity (Wildman–Crippen MR) is 483 cm³/mol. The molecule has 628 valence electrons. The molecule has 6 amide bonds. The zero-order valence-electron chi connectivity index (χ0n) is 71.4. The van der Waals surface area contributed by atoms with Crippen LogP contribution in [0.4, 0.5) is 28.4 Å². The number of halogens is 1. The first-order valence-electron chi connectivity index (χ1n) is 41.6. The third-order valence-corrected chi connectivity index (χ3v) is 23.9. The van der Waals surface area contributed by atoms with Gasteiger partial charge in [-0.1, -0.05) is 97.9 Å². The van der Waals surface area contributed by atoms with E-state index in [1.165, 1.54) is 6.92 Å². The SMILES string of the molecule is CC(=O)NCCNC(=O)C1=C(C)c2c(C)c3c(cc2=N1)-c1ccccc1N=3.CC1=C(C(=O)NCCCl)N=c2cc3c(c(C)c21)=Nc1ccccc1-3.CC1=C(C(=O)NCCN)N=c2cc3c(c(C)c21)=Nc1ccccc1-3.CC1=C(C(=O)NCCO)N=c2cc3c(c(C)c21)=Nc1ccccc1-3.CCC(CO)NC(=O)C1=C(C)c2c(C)c3c(cc2=N1)-c1ccccc1N=3. The fourth-order valence-corrected chi connectivity index (χ4v) is 17.7. The number of alkyl halides is 1. The molecule has 0 saturated heterocycles. The summed E-state index contributed by atoms with van der Waals surface area (Å²) >= 11 is 5.65. The number of hydrogen-bond donors (Lipinski definition) is 9. The van der Waals surface area contributed by atoms with E-state index in [0.717, 1.165) is 221 Å². The van der Waals surface area contributed by atoms with Crippen LogP contribution in [0.1, 0.15) is 111 Å². The minimum Gasteiger partial charge on any atom is -0.395 e. The minimum atomic E-state index is -0.255. The second kappa shape index (κ2) is 35.0. The Morgan fingerprint density at radius 3 is 0.832 bits per heavy atom. The van der Waals surface area contributed by atoms with Gasteiger partial charge < -0.3 is 47.8 Å². The lowest BCUT2D eigenvalue weighted by atomic mass is 9.96. The molecule has 10 aliphatic heterocycles. The maximum Gasteiger partial charge on any atom is 0.270 e. The molecule has 10 aromatic rings. The summed E-state index contributed by atoms with van der Waals surface area (Å²) in [5.41, 5.74) is 38.1. The summed E-state index contributed by atoms with van der Waals surface area (Å²) in [6, 6.07) is 50.2. The van der Waals surface area contributed by atoms with Crippen LogP contribution >= 0.6 is 11.6 Å². The number of rotatable bonds is 17. The van der Waals surface area contributed by atoms with Crippen LogP contribution in [0.2, 0.25) is 0 Å². The lowest BCUT2D eigenvalue weighted by molar-refractivity contribution is -0.120. The van der Waals surface area contributed by atoms with E-state index in [-0.39, 0.29) is 61.2 Å². The monoisotopic (exact) mass is 1680 g/mol. The highest BCUT2D eigenvalue weighted by Gasteiger charge is 2.33. The standard InChI is InChI=1S/C21H20N4O2.C21H21N3O2.C19H16ClN3O.C19H18N4O.C19H17N3O2/c1-11-18-12(2)20(21(27)23-9-8-22-13(3)26)25-17(18)10-15-14-6-4-5-7-16(14)24-19(11)15;1-4-13(10-25)22-21(26)20-12(3)18-11(2)19-15(9-17(18)24-20)14-7-5-6-8-16(14)23-19;2*1-10-16-11(2)18(19(24)21-8-7-20)23-15(16)9-13-12-5-3-4-6-14(12)22-17(10)13;1-10-16-11(2)18(19(24)20-7-8-23)22-15(16)9-13-12-5-3-4-6-14(12)21-17(10)13/h4-7,10H,8-9H2,1-3H3,(H,22,26)(H,23,27);5-9,13,25H,4,10H2,1-3H3,(H,22,26);3-6,9H,7-8H2,1-2H3,(H,21,24);3-6,9H,7-8,20H2,1-2H3,(H,21,24);3-6,9,23H,7-8H2,1-2H3,(H,20,24). The van der Waals surface area contributed by atoms with Crippen molar-refractivity contribution >= 4 is 103 Å². The van der Waals surface area contributed by atoms with Crippen LogP contribution in [0.3, 0.4) is 0 Å². The molecule has 25 nitrogen and oxygen atoms in total. The molecule has 0 aromatic heterocycles. The van der Waals surface area contributed by atoms with E-state index in [0.29, 0.717) is 73.5 Å². The molecule has 10 N–H and O–H groups in total. The fourth-order valence-electron chi connectivity index (χ4n) is 17.6. The molecule has 0 fully saturated rings. The lowest BCUT2D eigenvalue weighted by Gasteiger charge is -2.14. The third kappa shape index (κ3) is 15.4. The van der Waals surface area contributed by atoms with Gasteiger partial charge in [0, 0.05) is 136 Å². The topological polar surface area (TPSA) is 365 Å². The van der Waals surface area contributed by atoms with E-state index in [1.54, 1.807) is 0 Å². The first kappa shape index (κ1) is 84.5. The number of nitrogens with two attached hydrogens (primary N) is 1. The highest BCUT2D eigenvalue weighted by atomic mass is 35.5. The van der Waals surface area contributed by atoms with Crippen molar-refractivity contribution in [1.29, 1.82) is 0 Å². The number of aliphatic hydroxyl groups is 2. The van der Waals surface area contributed by atoms with Crippen LogP contribution in [-0.4, -0.2) is 110 Å². The molecule has 26 heteroatoms. The summed E-state index contributed by atoms with van der Waals surface area (Å²) < 4.78 is 0. The lowest BCUT2D eigenvalue weighted by Crippen LogP contribution is -2.37. The number of amides is 6. The molecule has 0 bridgehead atoms. The maximum atomic E-state index is 12.6. The van der Waals surface area contributed by atoms with Crippen molar-refractivity contribution in [3.63, 3.8) is 0 Å². The summed E-state index contributed by atoms with van der Waals surface area (Å²) in [5.74, 6) is -0.815. The van der Waals surface area contributed by atoms with Gasteiger partial charge >= 0.3 is 0 Å². The van der Waals surface area contributed by atoms with Crippen molar-refractivity contribution in [2.75, 3.05) is 58.4 Å². The summed E-state index contributed by atoms with van der Waals surface area (Å²) in [5, 5.41) is 43.7. The zero-order chi connectivity index (χ0) is 88.1. The van der Waals surface area contributed by atoms with Crippen molar-refractivity contribution in [2.45, 2.75) is 95.5 Å². The number of para-hydroxylation sites is 5. The molecule has 20 rings (SSSR count). The van der Waals surface area contributed by atoms with Crippen LogP contribution in [0, 0.1) is 34.6 Å². The average Bonchev–Trinajstić information content (AvgIpc) is 1.61. The predicted octanol–water partition coefficient (Wildman–Crippen LogP) is 9.13. The van der Waals surface area contributed by atoms with Gasteiger partial charge in [0.1, 0.15) is 28.5 Å². The zero-order valence-corrected chi connectivity index (χ0v) is 72.1. The van der Waals surface area contributed by atoms with Gasteiger partial charge in [-0.25, -0.2) is 49.9 Å². The Morgan fingerprint density at radius 2 is 0.584 bits per heavy atom. The Balaban J connectivity index is 0.000000115. The molecule has 0 spiro atoms. The Bertz CT molecular complexity index is 6940. The highest BCUT2D eigenvalue weighted by molar-refractivity contribution is 6.18. The summed E-state index contributed by atoms with van der Waals surface area (Å²) in [6.07, 6.45) is 0.671. The summed E-state index contributed by atoms with van der Waals surface area (Å²) in [6.45, 7) is 25.3. The minimum absolute atomic E-state index is 0.0789. The Hall–Kier alpha value is -14.1. The first-order valence-corrected chi connectivity index (χ1v) is 42.1. The number of carbonyl (C=O) groups excluding carboxylic acids is 6. The molecular weight excluding hydrogens is 1590 g/mol. The quantitative estimate of drug-likeness (QED) is 0.0309. The molecule has 0 saturated carbocycles. The summed E-state index contributed by atoms with van der Waals surface area (Å²) in [4.78, 5) is 120. The van der Waals surface area contributed by atoms with E-state index in [2.05, 4.69) is 87.2 Å². The molecule has 0 radical (unpaired) electrons. The van der Waals surface area contributed by atoms with Crippen LogP contribution in [0.25, 0.3) is 83.5 Å². The maximum absolute atomic E-state index is 12.6. The normalized spacial score (nSPS) is 13.9. The van der Waals surface area contributed by atoms with Crippen LogP contribution in [0.5, 0.6) is 0 Å². The smallest absolute Gasteiger partial charge is 0.270 e. The molecular formula is C99H92ClN17O8. The number of aliphatic hydroxyl groups excluding tert-OH is 2. The number of hydrogen-bond acceptors (Lipinski definition) is 19. The number of carbonyl (C=O) groups is 6. The van der Waals surface area contributed by atoms with Crippen LogP contribution in [0.15, 0.2) is 230 Å². The number of benzene rings is 10. The van der Waals surface area contributed by atoms with Gasteiger partial charge in [-0.2, -0.15) is 0 Å². The van der Waals surface area contributed by atoms with Crippen LogP contribution in [-0.2, 0) is 28.8 Å². The van der Waals surface area contributed by atoms with Gasteiger partial charge in [-0.15, -0.1) is 11.6 Å². The van der Waals surface area contributed by atoms with E-state index < -0.39 is 0 Å². The van der Waals surface area contributed by atoms with Crippen molar-refractivity contribution in [3.05, 3.63) is 289 Å². The largest absolute Gasteiger partial charge is 0.395 e. The van der Waals surface area contributed by atoms with Gasteiger partial charge in [-0.3, -0.25) is 28.8 Å². The average molecular weight is 1680 g/mol. The van der Waals surface area contributed by atoms with Gasteiger partial charge in [-0.05, 0) is 192 Å². The Kier molecular flexibility index (Phi) is 23.7. The molecule has 10 heterocycles. The van der Waals surface area contributed by atoms with E-state index in [4.69, 9.17) is 47.4 Å². The Morgan fingerprint density at radius 1 is 0.336 bits per heavy atom. The van der Waals surface area contributed by atoms with Crippen LogP contribution < -0.4 is 91.2 Å². The van der Waals surface area contributed by atoms with Gasteiger partial charge in [0.25, 0.3) is 29.5 Å². The molecule has 10 aliphatic rings. The van der Waals surface area contributed by atoms with Gasteiger partial charge in [0.15, 0.2) is 0 Å². The number of nitrogens with zero attached hydrogens (tertiary/aromatic N) is 10. The number of nitrogens with one attached hydrogen (secondary N) is 6. The van der Waals surface area contributed by atoms with Crippen molar-refractivity contribution in [3.8, 4) is 55.6 Å². The Labute approximate surface area is 724 Å². The molecule has 10 aromatic carbocycles. The van der Waals surface area contributed by atoms with E-state index in [9.17, 15) is 33.9 Å².